The molecule has 24 heavy (non-hydrogen) atoms. The highest BCUT2D eigenvalue weighted by Gasteiger charge is 2.31. The van der Waals surface area contributed by atoms with Crippen LogP contribution < -0.4 is 5.32 Å². The first-order chi connectivity index (χ1) is 11.3. The Hall–Kier alpha value is -1.83. The van der Waals surface area contributed by atoms with Crippen LogP contribution in [0.4, 0.5) is 13.2 Å². The fourth-order valence-electron chi connectivity index (χ4n) is 3.62. The molecular weight excluding hydrogens is 319 g/mol. The highest BCUT2D eigenvalue weighted by molar-refractivity contribution is 5.28. The summed E-state index contributed by atoms with van der Waals surface area (Å²) in [5, 5.41) is 7.60. The molecule has 0 aliphatic carbocycles. The second-order valence-electron chi connectivity index (χ2n) is 6.42. The monoisotopic (exact) mass is 341 g/mol. The van der Waals surface area contributed by atoms with Crippen molar-refractivity contribution in [2.75, 3.05) is 0 Å². The zero-order valence-electron chi connectivity index (χ0n) is 14.1. The van der Waals surface area contributed by atoms with Crippen molar-refractivity contribution >= 4 is 0 Å². The van der Waals surface area contributed by atoms with E-state index in [2.05, 4.69) is 20.0 Å². The molecule has 3 rings (SSSR count). The van der Waals surface area contributed by atoms with Gasteiger partial charge in [0.05, 0.1) is 11.7 Å². The zero-order valence-corrected chi connectivity index (χ0v) is 14.1. The summed E-state index contributed by atoms with van der Waals surface area (Å²) in [6.45, 7) is 5.33. The van der Waals surface area contributed by atoms with E-state index in [1.165, 1.54) is 0 Å². The predicted octanol–water partition coefficient (Wildman–Crippen LogP) is 3.44. The van der Waals surface area contributed by atoms with Crippen LogP contribution in [-0.4, -0.2) is 25.5 Å². The van der Waals surface area contributed by atoms with Crippen LogP contribution in [0.25, 0.3) is 0 Å². The van der Waals surface area contributed by atoms with Gasteiger partial charge in [-0.05, 0) is 33.6 Å². The molecule has 2 atom stereocenters. The Bertz CT molecular complexity index is 716. The van der Waals surface area contributed by atoms with E-state index < -0.39 is 12.7 Å². The van der Waals surface area contributed by atoms with Gasteiger partial charge in [-0.3, -0.25) is 4.68 Å². The number of hydrogen-bond donors (Lipinski definition) is 1. The van der Waals surface area contributed by atoms with Crippen LogP contribution in [0.2, 0.25) is 0 Å². The van der Waals surface area contributed by atoms with Crippen molar-refractivity contribution in [2.45, 2.75) is 65.0 Å². The number of aromatic nitrogens is 4. The number of nitrogens with one attached hydrogen (secondary N) is 1. The normalized spacial score (nSPS) is 19.3. The maximum atomic E-state index is 12.7. The molecule has 1 aliphatic rings. The number of halogens is 3. The van der Waals surface area contributed by atoms with Crippen molar-refractivity contribution in [1.82, 2.24) is 24.6 Å². The van der Waals surface area contributed by atoms with Crippen LogP contribution >= 0.6 is 0 Å². The van der Waals surface area contributed by atoms with Crippen LogP contribution in [0, 0.1) is 13.8 Å². The second kappa shape index (κ2) is 6.23. The standard InChI is InChI=1S/C16H22F3N5/c1-10(21-13-5-4-7-23-8-6-20-15(13)23)14-11(2)22-24(12(14)3)9-16(17,18)19/h6,8,10,13,21H,4-5,7,9H2,1-3H3. The Morgan fingerprint density at radius 2 is 2.12 bits per heavy atom. The molecule has 1 N–H and O–H groups in total. The number of imidazole rings is 1. The quantitative estimate of drug-likeness (QED) is 0.927. The summed E-state index contributed by atoms with van der Waals surface area (Å²) >= 11 is 0. The van der Waals surface area contributed by atoms with E-state index in [1.54, 1.807) is 20.0 Å². The van der Waals surface area contributed by atoms with Gasteiger partial charge in [0.2, 0.25) is 0 Å². The lowest BCUT2D eigenvalue weighted by Crippen LogP contribution is -2.30. The first-order valence-electron chi connectivity index (χ1n) is 8.14. The van der Waals surface area contributed by atoms with Gasteiger partial charge in [-0.1, -0.05) is 0 Å². The minimum Gasteiger partial charge on any atom is -0.334 e. The number of rotatable bonds is 4. The van der Waals surface area contributed by atoms with Crippen LogP contribution in [0.5, 0.6) is 0 Å². The van der Waals surface area contributed by atoms with Gasteiger partial charge in [-0.25, -0.2) is 4.98 Å². The highest BCUT2D eigenvalue weighted by atomic mass is 19.4. The topological polar surface area (TPSA) is 47.7 Å². The molecule has 2 aromatic heterocycles. The van der Waals surface area contributed by atoms with Crippen LogP contribution in [0.1, 0.15) is 54.6 Å². The Labute approximate surface area is 138 Å². The van der Waals surface area contributed by atoms with E-state index in [-0.39, 0.29) is 12.1 Å². The molecule has 0 radical (unpaired) electrons. The summed E-state index contributed by atoms with van der Waals surface area (Å²) in [5.41, 5.74) is 2.03. The number of nitrogens with zero attached hydrogens (tertiary/aromatic N) is 4. The third-order valence-corrected chi connectivity index (χ3v) is 4.60. The lowest BCUT2D eigenvalue weighted by Gasteiger charge is -2.27. The minimum absolute atomic E-state index is 0.0970. The summed E-state index contributed by atoms with van der Waals surface area (Å²) in [6, 6.07) is 0.00810. The van der Waals surface area contributed by atoms with Crippen molar-refractivity contribution in [3.8, 4) is 0 Å². The third kappa shape index (κ3) is 3.33. The Balaban J connectivity index is 1.80. The van der Waals surface area contributed by atoms with Gasteiger partial charge >= 0.3 is 6.18 Å². The Morgan fingerprint density at radius 1 is 1.38 bits per heavy atom. The van der Waals surface area contributed by atoms with Crippen molar-refractivity contribution < 1.29 is 13.2 Å². The van der Waals surface area contributed by atoms with Crippen molar-refractivity contribution in [3.05, 3.63) is 35.2 Å². The molecule has 0 fully saturated rings. The molecule has 132 valence electrons. The lowest BCUT2D eigenvalue weighted by atomic mass is 10.0. The molecule has 0 saturated heterocycles. The average molecular weight is 341 g/mol. The van der Waals surface area contributed by atoms with Crippen molar-refractivity contribution in [3.63, 3.8) is 0 Å². The Morgan fingerprint density at radius 3 is 2.83 bits per heavy atom. The minimum atomic E-state index is -4.27. The van der Waals surface area contributed by atoms with Crippen LogP contribution in [0.15, 0.2) is 12.4 Å². The SMILES string of the molecule is Cc1nn(CC(F)(F)F)c(C)c1C(C)NC1CCCn2ccnc21. The number of hydrogen-bond acceptors (Lipinski definition) is 3. The molecule has 0 amide bonds. The largest absolute Gasteiger partial charge is 0.408 e. The third-order valence-electron chi connectivity index (χ3n) is 4.60. The molecule has 2 aromatic rings. The van der Waals surface area contributed by atoms with Gasteiger partial charge in [0.25, 0.3) is 0 Å². The maximum absolute atomic E-state index is 12.7. The summed E-state index contributed by atoms with van der Waals surface area (Å²) in [4.78, 5) is 4.41. The van der Waals surface area contributed by atoms with Crippen LogP contribution in [-0.2, 0) is 13.1 Å². The molecule has 0 aromatic carbocycles. The first-order valence-corrected chi connectivity index (χ1v) is 8.14. The van der Waals surface area contributed by atoms with E-state index >= 15 is 0 Å². The van der Waals surface area contributed by atoms with Gasteiger partial charge in [-0.2, -0.15) is 18.3 Å². The summed E-state index contributed by atoms with van der Waals surface area (Å²) in [5.74, 6) is 0.992. The van der Waals surface area contributed by atoms with E-state index in [9.17, 15) is 13.2 Å². The lowest BCUT2D eigenvalue weighted by molar-refractivity contribution is -0.142. The second-order valence-corrected chi connectivity index (χ2v) is 6.42. The Kier molecular flexibility index (Phi) is 4.42. The smallest absolute Gasteiger partial charge is 0.334 e. The average Bonchev–Trinajstić information content (AvgIpc) is 3.03. The fourth-order valence-corrected chi connectivity index (χ4v) is 3.62. The van der Waals surface area contributed by atoms with E-state index in [1.807, 2.05) is 13.1 Å². The molecule has 2 unspecified atom stereocenters. The molecular formula is C16H22F3N5. The van der Waals surface area contributed by atoms with Gasteiger partial charge in [0.15, 0.2) is 0 Å². The van der Waals surface area contributed by atoms with Gasteiger partial charge < -0.3 is 9.88 Å². The van der Waals surface area contributed by atoms with E-state index in [0.717, 1.165) is 35.5 Å². The number of aryl methyl sites for hydroxylation is 2. The maximum Gasteiger partial charge on any atom is 0.408 e. The first kappa shape index (κ1) is 17.0. The molecule has 0 saturated carbocycles. The predicted molar refractivity (Wildman–Crippen MR) is 83.5 cm³/mol. The summed E-state index contributed by atoms with van der Waals surface area (Å²) in [6.07, 6.45) is 1.50. The summed E-state index contributed by atoms with van der Waals surface area (Å²) in [7, 11) is 0. The summed E-state index contributed by atoms with van der Waals surface area (Å²) < 4.78 is 41.2. The highest BCUT2D eigenvalue weighted by Crippen LogP contribution is 2.30. The molecule has 0 bridgehead atoms. The fraction of sp³-hybridized carbons (Fsp3) is 0.625. The van der Waals surface area contributed by atoms with Gasteiger partial charge in [-0.15, -0.1) is 0 Å². The van der Waals surface area contributed by atoms with Crippen molar-refractivity contribution in [1.29, 1.82) is 0 Å². The van der Waals surface area contributed by atoms with Crippen molar-refractivity contribution in [2.24, 2.45) is 0 Å². The molecule has 8 heteroatoms. The van der Waals surface area contributed by atoms with Gasteiger partial charge in [0.1, 0.15) is 12.4 Å². The van der Waals surface area contributed by atoms with Crippen LogP contribution in [0.3, 0.4) is 0 Å². The molecule has 5 nitrogen and oxygen atoms in total. The van der Waals surface area contributed by atoms with Gasteiger partial charge in [0, 0.05) is 36.2 Å². The molecule has 3 heterocycles. The number of fused-ring (bicyclic) bond motifs is 1. The number of alkyl halides is 3. The molecule has 1 aliphatic heterocycles. The zero-order chi connectivity index (χ0) is 17.5. The van der Waals surface area contributed by atoms with E-state index in [0.29, 0.717) is 11.4 Å². The van der Waals surface area contributed by atoms with E-state index in [4.69, 9.17) is 0 Å². The molecule has 0 spiro atoms.